The molecule has 0 unspecified atom stereocenters. The van der Waals surface area contributed by atoms with Crippen LogP contribution in [0.3, 0.4) is 0 Å². The fraction of sp³-hybridized carbons (Fsp3) is 0.0833. The number of rotatable bonds is 2. The van der Waals surface area contributed by atoms with Crippen molar-refractivity contribution in [1.82, 2.24) is 9.97 Å². The summed E-state index contributed by atoms with van der Waals surface area (Å²) < 4.78 is 13.5. The predicted molar refractivity (Wildman–Crippen MR) is 66.2 cm³/mol. The van der Waals surface area contributed by atoms with E-state index in [0.29, 0.717) is 16.7 Å². The molecule has 0 aliphatic carbocycles. The van der Waals surface area contributed by atoms with Crippen molar-refractivity contribution >= 4 is 23.1 Å². The van der Waals surface area contributed by atoms with Crippen LogP contribution in [0.2, 0.25) is 5.02 Å². The van der Waals surface area contributed by atoms with E-state index in [-0.39, 0.29) is 11.4 Å². The second-order valence-corrected chi connectivity index (χ2v) is 3.98. The highest BCUT2D eigenvalue weighted by Crippen LogP contribution is 2.22. The summed E-state index contributed by atoms with van der Waals surface area (Å²) in [5.74, 6) is 0.327. The minimum atomic E-state index is -0.450. The zero-order chi connectivity index (χ0) is 13.1. The van der Waals surface area contributed by atoms with Gasteiger partial charge in [-0.15, -0.1) is 0 Å². The second-order valence-electron chi connectivity index (χ2n) is 3.55. The summed E-state index contributed by atoms with van der Waals surface area (Å²) in [7, 11) is 0. The van der Waals surface area contributed by atoms with E-state index in [0.717, 1.165) is 0 Å². The third-order valence-electron chi connectivity index (χ3n) is 2.14. The average molecular weight is 263 g/mol. The van der Waals surface area contributed by atoms with Crippen molar-refractivity contribution in [3.8, 4) is 6.07 Å². The molecule has 18 heavy (non-hydrogen) atoms. The number of hydrogen-bond donors (Lipinski definition) is 1. The number of nitrogens with one attached hydrogen (secondary N) is 1. The lowest BCUT2D eigenvalue weighted by molar-refractivity contribution is 0.632. The normalized spacial score (nSPS) is 9.89. The van der Waals surface area contributed by atoms with Crippen molar-refractivity contribution in [2.75, 3.05) is 5.32 Å². The molecule has 0 spiro atoms. The van der Waals surface area contributed by atoms with Crippen molar-refractivity contribution in [3.05, 3.63) is 46.6 Å². The molecular formula is C12H8ClFN4. The second kappa shape index (κ2) is 4.98. The lowest BCUT2D eigenvalue weighted by atomic mass is 10.3. The van der Waals surface area contributed by atoms with Gasteiger partial charge in [0.15, 0.2) is 0 Å². The molecule has 2 aromatic rings. The number of anilines is 2. The largest absolute Gasteiger partial charge is 0.338 e. The lowest BCUT2D eigenvalue weighted by Gasteiger charge is -2.07. The van der Waals surface area contributed by atoms with Crippen LogP contribution >= 0.6 is 11.6 Å². The van der Waals surface area contributed by atoms with E-state index in [2.05, 4.69) is 15.3 Å². The third-order valence-corrected chi connectivity index (χ3v) is 2.38. The monoisotopic (exact) mass is 262 g/mol. The number of benzene rings is 1. The minimum absolute atomic E-state index is 0.199. The van der Waals surface area contributed by atoms with Gasteiger partial charge in [-0.1, -0.05) is 11.6 Å². The molecule has 0 aliphatic heterocycles. The van der Waals surface area contributed by atoms with Gasteiger partial charge >= 0.3 is 0 Å². The van der Waals surface area contributed by atoms with Crippen LogP contribution in [0.4, 0.5) is 15.9 Å². The van der Waals surface area contributed by atoms with Crippen molar-refractivity contribution in [2.24, 2.45) is 0 Å². The predicted octanol–water partition coefficient (Wildman–Crippen LogP) is 3.19. The van der Waals surface area contributed by atoms with Gasteiger partial charge in [0.05, 0.1) is 5.69 Å². The summed E-state index contributed by atoms with van der Waals surface area (Å²) >= 11 is 5.78. The molecule has 0 saturated carbocycles. The molecule has 0 radical (unpaired) electrons. The van der Waals surface area contributed by atoms with Crippen LogP contribution in [0.1, 0.15) is 11.5 Å². The molecule has 0 amide bonds. The number of nitriles is 1. The maximum Gasteiger partial charge on any atom is 0.146 e. The van der Waals surface area contributed by atoms with Gasteiger partial charge in [0, 0.05) is 11.1 Å². The Morgan fingerprint density at radius 2 is 2.11 bits per heavy atom. The Bertz CT molecular complexity index is 636. The van der Waals surface area contributed by atoms with Crippen LogP contribution < -0.4 is 5.32 Å². The summed E-state index contributed by atoms with van der Waals surface area (Å²) in [4.78, 5) is 7.97. The van der Waals surface area contributed by atoms with Crippen LogP contribution in [0.5, 0.6) is 0 Å². The van der Waals surface area contributed by atoms with Crippen molar-refractivity contribution in [3.63, 3.8) is 0 Å². The van der Waals surface area contributed by atoms with Crippen molar-refractivity contribution < 1.29 is 4.39 Å². The Kier molecular flexibility index (Phi) is 3.40. The molecule has 1 aromatic carbocycles. The highest BCUT2D eigenvalue weighted by molar-refractivity contribution is 6.30. The lowest BCUT2D eigenvalue weighted by Crippen LogP contribution is -2.00. The third kappa shape index (κ3) is 2.73. The van der Waals surface area contributed by atoms with Crippen molar-refractivity contribution in [2.45, 2.75) is 6.92 Å². The Morgan fingerprint density at radius 1 is 1.33 bits per heavy atom. The van der Waals surface area contributed by atoms with Gasteiger partial charge < -0.3 is 5.32 Å². The maximum atomic E-state index is 13.5. The van der Waals surface area contributed by atoms with E-state index in [9.17, 15) is 4.39 Å². The number of nitrogens with zero attached hydrogens (tertiary/aromatic N) is 3. The highest BCUT2D eigenvalue weighted by atomic mass is 35.5. The van der Waals surface area contributed by atoms with Crippen LogP contribution in [-0.4, -0.2) is 9.97 Å². The summed E-state index contributed by atoms with van der Waals surface area (Å²) in [5, 5.41) is 12.0. The molecule has 6 heteroatoms. The van der Waals surface area contributed by atoms with E-state index in [1.54, 1.807) is 6.92 Å². The molecule has 1 aromatic heterocycles. The van der Waals surface area contributed by atoms with Crippen LogP contribution in [0, 0.1) is 24.1 Å². The topological polar surface area (TPSA) is 61.6 Å². The zero-order valence-electron chi connectivity index (χ0n) is 9.41. The Morgan fingerprint density at radius 3 is 2.83 bits per heavy atom. The van der Waals surface area contributed by atoms with Gasteiger partial charge in [-0.25, -0.2) is 14.4 Å². The quantitative estimate of drug-likeness (QED) is 0.903. The summed E-state index contributed by atoms with van der Waals surface area (Å²) in [6.07, 6.45) is 0. The first-order valence-corrected chi connectivity index (χ1v) is 5.44. The number of halogens is 2. The zero-order valence-corrected chi connectivity index (χ0v) is 10.2. The molecular weight excluding hydrogens is 255 g/mol. The fourth-order valence-corrected chi connectivity index (χ4v) is 1.59. The maximum absolute atomic E-state index is 13.5. The molecule has 90 valence electrons. The van der Waals surface area contributed by atoms with E-state index in [1.165, 1.54) is 24.3 Å². The molecule has 0 atom stereocenters. The van der Waals surface area contributed by atoms with Gasteiger partial charge in [-0.2, -0.15) is 5.26 Å². The Balaban J connectivity index is 2.37. The molecule has 4 nitrogen and oxygen atoms in total. The Hall–Kier alpha value is -2.19. The van der Waals surface area contributed by atoms with Crippen LogP contribution in [-0.2, 0) is 0 Å². The van der Waals surface area contributed by atoms with E-state index in [1.807, 2.05) is 6.07 Å². The molecule has 0 aliphatic rings. The first-order chi connectivity index (χ1) is 8.58. The smallest absolute Gasteiger partial charge is 0.146 e. The number of aryl methyl sites for hydroxylation is 1. The van der Waals surface area contributed by atoms with E-state index in [4.69, 9.17) is 16.9 Å². The van der Waals surface area contributed by atoms with Crippen LogP contribution in [0.25, 0.3) is 0 Å². The highest BCUT2D eigenvalue weighted by Gasteiger charge is 2.06. The fourth-order valence-electron chi connectivity index (χ4n) is 1.42. The SMILES string of the molecule is Cc1nc(C#N)cc(Nc2cc(Cl)ccc2F)n1. The summed E-state index contributed by atoms with van der Waals surface area (Å²) in [5.41, 5.74) is 0.414. The van der Waals surface area contributed by atoms with Gasteiger partial charge in [0.1, 0.15) is 29.2 Å². The molecule has 2 rings (SSSR count). The van der Waals surface area contributed by atoms with Gasteiger partial charge in [-0.3, -0.25) is 0 Å². The van der Waals surface area contributed by atoms with E-state index < -0.39 is 5.82 Å². The van der Waals surface area contributed by atoms with Gasteiger partial charge in [0.2, 0.25) is 0 Å². The van der Waals surface area contributed by atoms with Gasteiger partial charge in [-0.05, 0) is 25.1 Å². The summed E-state index contributed by atoms with van der Waals surface area (Å²) in [6, 6.07) is 7.50. The van der Waals surface area contributed by atoms with Crippen LogP contribution in [0.15, 0.2) is 24.3 Å². The summed E-state index contributed by atoms with van der Waals surface area (Å²) in [6.45, 7) is 1.65. The average Bonchev–Trinajstić information content (AvgIpc) is 2.33. The minimum Gasteiger partial charge on any atom is -0.338 e. The molecule has 0 fully saturated rings. The van der Waals surface area contributed by atoms with Crippen molar-refractivity contribution in [1.29, 1.82) is 5.26 Å². The number of hydrogen-bond acceptors (Lipinski definition) is 4. The molecule has 0 saturated heterocycles. The Labute approximate surface area is 108 Å². The van der Waals surface area contributed by atoms with E-state index >= 15 is 0 Å². The first-order valence-electron chi connectivity index (χ1n) is 5.06. The first kappa shape index (κ1) is 12.3. The molecule has 1 heterocycles. The number of aromatic nitrogens is 2. The van der Waals surface area contributed by atoms with Gasteiger partial charge in [0.25, 0.3) is 0 Å². The standard InChI is InChI=1S/C12H8ClFN4/c1-7-16-9(6-15)5-12(17-7)18-11-4-8(13)2-3-10(11)14/h2-5H,1H3,(H,16,17,18). The molecule has 1 N–H and O–H groups in total. The molecule has 0 bridgehead atoms.